The van der Waals surface area contributed by atoms with Crippen LogP contribution in [0.2, 0.25) is 0 Å². The third-order valence-corrected chi connectivity index (χ3v) is 3.33. The smallest absolute Gasteiger partial charge is 0.399 e. The molecule has 0 aliphatic carbocycles. The monoisotopic (exact) mass is 371 g/mol. The minimum Gasteiger partial charge on any atom is -0.399 e. The fraction of sp³-hybridized carbons (Fsp3) is 0. The molecule has 0 aliphatic heterocycles. The van der Waals surface area contributed by atoms with Crippen molar-refractivity contribution in [1.29, 1.82) is 0 Å². The molecule has 0 spiro atoms. The first-order chi connectivity index (χ1) is 8.08. The van der Waals surface area contributed by atoms with E-state index in [4.69, 9.17) is 5.73 Å². The average molecular weight is 372 g/mol. The number of anilines is 2. The number of sulfonamides is 1. The zero-order chi connectivity index (χ0) is 12.3. The van der Waals surface area contributed by atoms with Crippen LogP contribution >= 0.6 is 0 Å². The van der Waals surface area contributed by atoms with E-state index in [0.29, 0.717) is 5.69 Å². The molecule has 8 heteroatoms. The molecule has 1 aromatic heterocycles. The third-order valence-electron chi connectivity index (χ3n) is 1.98. The normalized spacial score (nSPS) is 10.4. The summed E-state index contributed by atoms with van der Waals surface area (Å²) in [6, 6.07) is 7.46. The molecule has 1 heterocycles. The molecule has 1 aromatic carbocycles. The Kier molecular flexibility index (Phi) is 4.92. The molecule has 0 atom stereocenters. The first-order valence-electron chi connectivity index (χ1n) is 4.73. The van der Waals surface area contributed by atoms with E-state index in [2.05, 4.69) is 14.7 Å². The molecule has 3 N–H and O–H groups in total. The van der Waals surface area contributed by atoms with E-state index < -0.39 is 10.0 Å². The molecule has 0 unspecified atom stereocenters. The van der Waals surface area contributed by atoms with Crippen molar-refractivity contribution in [2.24, 2.45) is 0 Å². The van der Waals surface area contributed by atoms with Crippen LogP contribution in [0.15, 0.2) is 47.6 Å². The molecular formula is C10H10N4O2SSb+3. The van der Waals surface area contributed by atoms with Crippen LogP contribution in [0.25, 0.3) is 0 Å². The molecule has 90 valence electrons. The molecule has 6 nitrogen and oxygen atoms in total. The standard InChI is InChI=1S/C10H10N4O2S.Sb/c11-8-2-4-9(5-3-8)17(15,16)14-10-12-6-1-7-13-10;/h1-7H,11H2,(H,12,13,14);/q;+3. The van der Waals surface area contributed by atoms with E-state index in [1.807, 2.05) is 0 Å². The Morgan fingerprint density at radius 2 is 1.61 bits per heavy atom. The third kappa shape index (κ3) is 3.58. The Labute approximate surface area is 122 Å². The van der Waals surface area contributed by atoms with Gasteiger partial charge in [-0.25, -0.2) is 23.1 Å². The molecule has 2 rings (SSSR count). The Hall–Kier alpha value is -1.33. The first kappa shape index (κ1) is 14.7. The van der Waals surface area contributed by atoms with Gasteiger partial charge in [-0.05, 0) is 30.3 Å². The van der Waals surface area contributed by atoms with Crippen LogP contribution < -0.4 is 10.5 Å². The van der Waals surface area contributed by atoms with Gasteiger partial charge in [-0.2, -0.15) is 0 Å². The molecule has 2 aromatic rings. The van der Waals surface area contributed by atoms with Crippen molar-refractivity contribution in [3.8, 4) is 0 Å². The fourth-order valence-corrected chi connectivity index (χ4v) is 2.14. The number of rotatable bonds is 3. The summed E-state index contributed by atoms with van der Waals surface area (Å²) in [5.74, 6) is 0.0318. The molecule has 0 fully saturated rings. The van der Waals surface area contributed by atoms with Gasteiger partial charge in [0.05, 0.1) is 4.90 Å². The number of benzene rings is 1. The van der Waals surface area contributed by atoms with Gasteiger partial charge in [0.15, 0.2) is 0 Å². The minimum absolute atomic E-state index is 0. The topological polar surface area (TPSA) is 98.0 Å². The van der Waals surface area contributed by atoms with Gasteiger partial charge < -0.3 is 5.73 Å². The summed E-state index contributed by atoms with van der Waals surface area (Å²) in [5, 5.41) is 0. The number of nitrogens with zero attached hydrogens (tertiary/aromatic N) is 2. The molecular weight excluding hydrogens is 362 g/mol. The molecule has 0 aliphatic rings. The van der Waals surface area contributed by atoms with Crippen molar-refractivity contribution in [2.45, 2.75) is 4.90 Å². The zero-order valence-corrected chi connectivity index (χ0v) is 12.6. The van der Waals surface area contributed by atoms with Gasteiger partial charge >= 0.3 is 24.4 Å². The van der Waals surface area contributed by atoms with Crippen LogP contribution in [0.5, 0.6) is 0 Å². The summed E-state index contributed by atoms with van der Waals surface area (Å²) in [6.07, 6.45) is 2.90. The summed E-state index contributed by atoms with van der Waals surface area (Å²) < 4.78 is 26.0. The Bertz CT molecular complexity index is 602. The van der Waals surface area contributed by atoms with Crippen molar-refractivity contribution in [3.63, 3.8) is 0 Å². The van der Waals surface area contributed by atoms with Crippen LogP contribution in [0.4, 0.5) is 11.6 Å². The van der Waals surface area contributed by atoms with Crippen LogP contribution in [0.1, 0.15) is 0 Å². The van der Waals surface area contributed by atoms with Gasteiger partial charge in [-0.15, -0.1) is 0 Å². The van der Waals surface area contributed by atoms with Crippen LogP contribution in [-0.2, 0) is 10.0 Å². The summed E-state index contributed by atoms with van der Waals surface area (Å²) in [5.41, 5.74) is 5.98. The predicted molar refractivity (Wildman–Crippen MR) is 69.4 cm³/mol. The number of hydrogen-bond donors (Lipinski definition) is 2. The molecule has 0 saturated heterocycles. The molecule has 18 heavy (non-hydrogen) atoms. The largest absolute Gasteiger partial charge is 3.00 e. The molecule has 2 radical (unpaired) electrons. The Balaban J connectivity index is 0.00000162. The summed E-state index contributed by atoms with van der Waals surface area (Å²) in [7, 11) is -3.66. The SMILES string of the molecule is Nc1ccc(S(=O)(=O)Nc2ncccn2)cc1.[Sb+3]. The van der Waals surface area contributed by atoms with Gasteiger partial charge in [0, 0.05) is 18.1 Å². The number of nitrogens with two attached hydrogens (primary N) is 1. The second-order valence-electron chi connectivity index (χ2n) is 3.25. The van der Waals surface area contributed by atoms with E-state index >= 15 is 0 Å². The molecule has 0 saturated carbocycles. The van der Waals surface area contributed by atoms with E-state index in [-0.39, 0.29) is 35.3 Å². The van der Waals surface area contributed by atoms with Crippen LogP contribution in [-0.4, -0.2) is 42.8 Å². The van der Waals surface area contributed by atoms with E-state index in [1.54, 1.807) is 6.07 Å². The average Bonchev–Trinajstić information content (AvgIpc) is 2.30. The quantitative estimate of drug-likeness (QED) is 0.604. The van der Waals surface area contributed by atoms with Gasteiger partial charge in [0.2, 0.25) is 5.95 Å². The maximum Gasteiger partial charge on any atom is 3.00 e. The Morgan fingerprint density at radius 1 is 1.06 bits per heavy atom. The summed E-state index contributed by atoms with van der Waals surface area (Å²) in [6.45, 7) is 0. The van der Waals surface area contributed by atoms with Crippen molar-refractivity contribution in [2.75, 3.05) is 10.5 Å². The fourth-order valence-electron chi connectivity index (χ4n) is 1.18. The van der Waals surface area contributed by atoms with Crippen molar-refractivity contribution in [3.05, 3.63) is 42.7 Å². The van der Waals surface area contributed by atoms with Crippen molar-refractivity contribution in [1.82, 2.24) is 9.97 Å². The number of nitrogens with one attached hydrogen (secondary N) is 1. The van der Waals surface area contributed by atoms with Gasteiger partial charge in [0.1, 0.15) is 0 Å². The molecule has 0 amide bonds. The zero-order valence-electron chi connectivity index (χ0n) is 9.19. The van der Waals surface area contributed by atoms with Crippen molar-refractivity contribution < 1.29 is 8.42 Å². The summed E-state index contributed by atoms with van der Waals surface area (Å²) >= 11 is 0. The van der Waals surface area contributed by atoms with Crippen LogP contribution in [0, 0.1) is 0 Å². The minimum atomic E-state index is -3.66. The van der Waals surface area contributed by atoms with Gasteiger partial charge in [-0.3, -0.25) is 0 Å². The molecule has 0 bridgehead atoms. The van der Waals surface area contributed by atoms with Crippen LogP contribution in [0.3, 0.4) is 0 Å². The van der Waals surface area contributed by atoms with Crippen molar-refractivity contribution >= 4 is 46.1 Å². The maximum atomic E-state index is 11.9. The number of aromatic nitrogens is 2. The van der Waals surface area contributed by atoms with E-state index in [9.17, 15) is 8.42 Å². The number of nitrogen functional groups attached to an aromatic ring is 1. The second kappa shape index (κ2) is 6.02. The predicted octanol–water partition coefficient (Wildman–Crippen LogP) is 0.479. The second-order valence-corrected chi connectivity index (χ2v) is 4.93. The number of hydrogen-bond acceptors (Lipinski definition) is 5. The van der Waals surface area contributed by atoms with Gasteiger partial charge in [0.25, 0.3) is 10.0 Å². The maximum absolute atomic E-state index is 11.9. The first-order valence-corrected chi connectivity index (χ1v) is 6.22. The van der Waals surface area contributed by atoms with E-state index in [0.717, 1.165) is 0 Å². The van der Waals surface area contributed by atoms with E-state index in [1.165, 1.54) is 36.7 Å². The Morgan fingerprint density at radius 3 is 2.17 bits per heavy atom. The van der Waals surface area contributed by atoms with Gasteiger partial charge in [-0.1, -0.05) is 0 Å². The summed E-state index contributed by atoms with van der Waals surface area (Å²) in [4.78, 5) is 7.67.